The highest BCUT2D eigenvalue weighted by Gasteiger charge is 2.18. The largest absolute Gasteiger partial charge is 0.395 e. The Balaban J connectivity index is 1.76. The van der Waals surface area contributed by atoms with Gasteiger partial charge in [0.25, 0.3) is 0 Å². The van der Waals surface area contributed by atoms with E-state index in [0.717, 1.165) is 19.4 Å². The Hall–Kier alpha value is -0.900. The third-order valence-electron chi connectivity index (χ3n) is 4.12. The van der Waals surface area contributed by atoms with E-state index in [0.29, 0.717) is 12.1 Å². The van der Waals surface area contributed by atoms with Gasteiger partial charge in [-0.15, -0.1) is 0 Å². The van der Waals surface area contributed by atoms with Gasteiger partial charge in [0.1, 0.15) is 0 Å². The predicted octanol–water partition coefficient (Wildman–Crippen LogP) is 2.10. The molecule has 0 saturated carbocycles. The van der Waals surface area contributed by atoms with Gasteiger partial charge in [-0.2, -0.15) is 0 Å². The van der Waals surface area contributed by atoms with Crippen LogP contribution in [0.4, 0.5) is 0 Å². The van der Waals surface area contributed by atoms with Crippen LogP contribution in [0.1, 0.15) is 38.2 Å². The van der Waals surface area contributed by atoms with E-state index in [-0.39, 0.29) is 12.6 Å². The number of nitrogens with one attached hydrogen (secondary N) is 2. The molecule has 0 bridgehead atoms. The molecular formula is C17H28N2O. The summed E-state index contributed by atoms with van der Waals surface area (Å²) in [6.45, 7) is 3.58. The molecule has 0 amide bonds. The molecule has 2 rings (SSSR count). The number of rotatable bonds is 7. The van der Waals surface area contributed by atoms with E-state index in [1.807, 2.05) is 6.07 Å². The van der Waals surface area contributed by atoms with Crippen molar-refractivity contribution in [2.24, 2.45) is 0 Å². The minimum Gasteiger partial charge on any atom is -0.395 e. The van der Waals surface area contributed by atoms with Crippen LogP contribution in [0.5, 0.6) is 0 Å². The van der Waals surface area contributed by atoms with Crippen molar-refractivity contribution in [1.29, 1.82) is 0 Å². The Morgan fingerprint density at radius 1 is 1.30 bits per heavy atom. The third kappa shape index (κ3) is 5.23. The summed E-state index contributed by atoms with van der Waals surface area (Å²) in [7, 11) is 0. The van der Waals surface area contributed by atoms with Crippen LogP contribution < -0.4 is 10.6 Å². The molecule has 112 valence electrons. The van der Waals surface area contributed by atoms with Crippen molar-refractivity contribution >= 4 is 0 Å². The van der Waals surface area contributed by atoms with Gasteiger partial charge in [-0.1, -0.05) is 36.8 Å². The molecule has 1 aliphatic rings. The molecule has 0 aliphatic carbocycles. The van der Waals surface area contributed by atoms with Crippen molar-refractivity contribution < 1.29 is 5.11 Å². The molecule has 1 aromatic carbocycles. The van der Waals surface area contributed by atoms with Crippen LogP contribution in [0.25, 0.3) is 0 Å². The molecular weight excluding hydrogens is 248 g/mol. The van der Waals surface area contributed by atoms with Crippen LogP contribution >= 0.6 is 0 Å². The molecule has 0 aromatic heterocycles. The van der Waals surface area contributed by atoms with Gasteiger partial charge in [0, 0.05) is 18.1 Å². The number of piperidine rings is 1. The maximum atomic E-state index is 9.56. The summed E-state index contributed by atoms with van der Waals surface area (Å²) in [5.74, 6) is 0. The van der Waals surface area contributed by atoms with E-state index in [2.05, 4.69) is 41.8 Å². The monoisotopic (exact) mass is 276 g/mol. The summed E-state index contributed by atoms with van der Waals surface area (Å²) >= 11 is 0. The van der Waals surface area contributed by atoms with Gasteiger partial charge in [-0.3, -0.25) is 0 Å². The second-order valence-corrected chi connectivity index (χ2v) is 6.02. The van der Waals surface area contributed by atoms with Crippen LogP contribution in [0, 0.1) is 0 Å². The van der Waals surface area contributed by atoms with Crippen LogP contribution in [0.3, 0.4) is 0 Å². The maximum absolute atomic E-state index is 9.56. The molecule has 1 saturated heterocycles. The van der Waals surface area contributed by atoms with Crippen LogP contribution in [0.15, 0.2) is 30.3 Å². The van der Waals surface area contributed by atoms with Crippen molar-refractivity contribution in [3.05, 3.63) is 35.9 Å². The fourth-order valence-corrected chi connectivity index (χ4v) is 3.10. The molecule has 3 heteroatoms. The molecule has 3 atom stereocenters. The Kier molecular flexibility index (Phi) is 6.51. The average Bonchev–Trinajstić information content (AvgIpc) is 2.48. The van der Waals surface area contributed by atoms with E-state index in [4.69, 9.17) is 0 Å². The van der Waals surface area contributed by atoms with E-state index in [1.54, 1.807) is 0 Å². The highest BCUT2D eigenvalue weighted by molar-refractivity contribution is 5.15. The van der Waals surface area contributed by atoms with Crippen molar-refractivity contribution in [3.8, 4) is 0 Å². The molecule has 3 N–H and O–H groups in total. The summed E-state index contributed by atoms with van der Waals surface area (Å²) in [4.78, 5) is 0. The van der Waals surface area contributed by atoms with Crippen molar-refractivity contribution in [1.82, 2.24) is 10.6 Å². The van der Waals surface area contributed by atoms with Gasteiger partial charge < -0.3 is 15.7 Å². The summed E-state index contributed by atoms with van der Waals surface area (Å²) in [5, 5.41) is 16.7. The van der Waals surface area contributed by atoms with Gasteiger partial charge in [0.05, 0.1) is 6.61 Å². The van der Waals surface area contributed by atoms with Crippen LogP contribution in [0.2, 0.25) is 0 Å². The molecule has 0 radical (unpaired) electrons. The highest BCUT2D eigenvalue weighted by atomic mass is 16.3. The van der Waals surface area contributed by atoms with Crippen LogP contribution in [-0.2, 0) is 6.42 Å². The van der Waals surface area contributed by atoms with Crippen LogP contribution in [-0.4, -0.2) is 36.4 Å². The first kappa shape index (κ1) is 15.5. The summed E-state index contributed by atoms with van der Waals surface area (Å²) in [5.41, 5.74) is 1.28. The van der Waals surface area contributed by atoms with E-state index >= 15 is 0 Å². The second-order valence-electron chi connectivity index (χ2n) is 6.02. The Bertz CT molecular complexity index is 363. The maximum Gasteiger partial charge on any atom is 0.0587 e. The number of benzene rings is 1. The Morgan fingerprint density at radius 3 is 2.75 bits per heavy atom. The van der Waals surface area contributed by atoms with Gasteiger partial charge in [0.15, 0.2) is 0 Å². The lowest BCUT2D eigenvalue weighted by molar-refractivity contribution is 0.224. The fourth-order valence-electron chi connectivity index (χ4n) is 3.10. The fraction of sp³-hybridized carbons (Fsp3) is 0.647. The average molecular weight is 276 g/mol. The molecule has 2 unspecified atom stereocenters. The van der Waals surface area contributed by atoms with Crippen molar-refractivity contribution in [2.45, 2.75) is 57.2 Å². The smallest absolute Gasteiger partial charge is 0.0587 e. The zero-order valence-electron chi connectivity index (χ0n) is 12.5. The minimum atomic E-state index is 0.149. The predicted molar refractivity (Wildman–Crippen MR) is 83.9 cm³/mol. The first-order valence-corrected chi connectivity index (χ1v) is 7.92. The first-order valence-electron chi connectivity index (χ1n) is 7.92. The second kappa shape index (κ2) is 8.40. The topological polar surface area (TPSA) is 44.3 Å². The zero-order chi connectivity index (χ0) is 14.2. The van der Waals surface area contributed by atoms with Gasteiger partial charge in [-0.05, 0) is 44.7 Å². The molecule has 20 heavy (non-hydrogen) atoms. The van der Waals surface area contributed by atoms with Crippen molar-refractivity contribution in [2.75, 3.05) is 13.2 Å². The first-order chi connectivity index (χ1) is 9.78. The van der Waals surface area contributed by atoms with E-state index in [9.17, 15) is 5.11 Å². The molecule has 1 fully saturated rings. The van der Waals surface area contributed by atoms with Gasteiger partial charge in [0.2, 0.25) is 0 Å². The number of aliphatic hydroxyl groups excluding tert-OH is 1. The zero-order valence-corrected chi connectivity index (χ0v) is 12.5. The molecule has 1 aromatic rings. The third-order valence-corrected chi connectivity index (χ3v) is 4.12. The lowest BCUT2D eigenvalue weighted by Gasteiger charge is -2.28. The summed E-state index contributed by atoms with van der Waals surface area (Å²) in [6.07, 6.45) is 5.98. The molecule has 1 heterocycles. The Morgan fingerprint density at radius 2 is 2.10 bits per heavy atom. The molecule has 0 spiro atoms. The Labute approximate surface area is 122 Å². The van der Waals surface area contributed by atoms with Gasteiger partial charge in [-0.25, -0.2) is 0 Å². The van der Waals surface area contributed by atoms with E-state index < -0.39 is 0 Å². The lowest BCUT2D eigenvalue weighted by atomic mass is 9.98. The van der Waals surface area contributed by atoms with E-state index in [1.165, 1.54) is 24.8 Å². The molecule has 1 aliphatic heterocycles. The normalized spacial score (nSPS) is 22.4. The summed E-state index contributed by atoms with van der Waals surface area (Å²) < 4.78 is 0. The van der Waals surface area contributed by atoms with Crippen molar-refractivity contribution in [3.63, 3.8) is 0 Å². The summed E-state index contributed by atoms with van der Waals surface area (Å²) in [6, 6.07) is 11.6. The number of aliphatic hydroxyl groups is 1. The quantitative estimate of drug-likeness (QED) is 0.714. The number of hydrogen-bond donors (Lipinski definition) is 3. The number of hydrogen-bond acceptors (Lipinski definition) is 3. The van der Waals surface area contributed by atoms with Gasteiger partial charge >= 0.3 is 0 Å². The lowest BCUT2D eigenvalue weighted by Crippen LogP contribution is -2.45. The SMILES string of the molecule is CC(CC1CCCCN1)N[C@@H](CO)Cc1ccccc1. The standard InChI is InChI=1S/C17H28N2O/c1-14(11-16-9-5-6-10-18-16)19-17(13-20)12-15-7-3-2-4-8-15/h2-4,7-8,14,16-20H,5-6,9-13H2,1H3/t14?,16?,17-/m1/s1. The highest BCUT2D eigenvalue weighted by Crippen LogP contribution is 2.12. The minimum absolute atomic E-state index is 0.149. The molecule has 3 nitrogen and oxygen atoms in total.